The van der Waals surface area contributed by atoms with Gasteiger partial charge in [0.15, 0.2) is 0 Å². The van der Waals surface area contributed by atoms with E-state index in [4.69, 9.17) is 0 Å². The van der Waals surface area contributed by atoms with Crippen molar-refractivity contribution in [3.63, 3.8) is 0 Å². The van der Waals surface area contributed by atoms with E-state index >= 15 is 0 Å². The third-order valence-corrected chi connectivity index (χ3v) is 3.58. The van der Waals surface area contributed by atoms with Gasteiger partial charge in [-0.3, -0.25) is 4.98 Å². The summed E-state index contributed by atoms with van der Waals surface area (Å²) in [5, 5.41) is 1.08. The summed E-state index contributed by atoms with van der Waals surface area (Å²) in [6, 6.07) is 9.81. The second-order valence-electron chi connectivity index (χ2n) is 5.14. The molecular weight excluding hydrogens is 332 g/mol. The first-order chi connectivity index (χ1) is 11.2. The first kappa shape index (κ1) is 16.3. The Morgan fingerprint density at radius 2 is 1.46 bits per heavy atom. The second-order valence-corrected chi connectivity index (χ2v) is 5.14. The van der Waals surface area contributed by atoms with Gasteiger partial charge in [0, 0.05) is 17.1 Å². The van der Waals surface area contributed by atoms with E-state index in [9.17, 15) is 26.3 Å². The second kappa shape index (κ2) is 5.51. The zero-order valence-corrected chi connectivity index (χ0v) is 11.9. The molecule has 2 aromatic carbocycles. The van der Waals surface area contributed by atoms with Crippen LogP contribution in [0.4, 0.5) is 26.3 Å². The van der Waals surface area contributed by atoms with Crippen LogP contribution in [0.25, 0.3) is 22.0 Å². The van der Waals surface area contributed by atoms with Gasteiger partial charge in [-0.1, -0.05) is 30.3 Å². The summed E-state index contributed by atoms with van der Waals surface area (Å²) in [7, 11) is 0. The van der Waals surface area contributed by atoms with Crippen molar-refractivity contribution in [2.75, 3.05) is 0 Å². The maximum absolute atomic E-state index is 13.3. The van der Waals surface area contributed by atoms with Gasteiger partial charge in [-0.05, 0) is 23.6 Å². The fraction of sp³-hybridized carbons (Fsp3) is 0.118. The highest BCUT2D eigenvalue weighted by Crippen LogP contribution is 2.41. The van der Waals surface area contributed by atoms with Gasteiger partial charge in [0.2, 0.25) is 0 Å². The molecule has 0 aliphatic rings. The Bertz CT molecular complexity index is 890. The Balaban J connectivity index is 2.31. The Morgan fingerprint density at radius 3 is 2.12 bits per heavy atom. The summed E-state index contributed by atoms with van der Waals surface area (Å²) in [6.45, 7) is 0. The predicted octanol–water partition coefficient (Wildman–Crippen LogP) is 5.94. The summed E-state index contributed by atoms with van der Waals surface area (Å²) in [6.07, 6.45) is -8.46. The predicted molar refractivity (Wildman–Crippen MR) is 77.2 cm³/mol. The zero-order chi connectivity index (χ0) is 17.5. The maximum Gasteiger partial charge on any atom is 0.417 e. The average molecular weight is 341 g/mol. The van der Waals surface area contributed by atoms with Crippen molar-refractivity contribution in [1.82, 2.24) is 4.98 Å². The van der Waals surface area contributed by atoms with Crippen molar-refractivity contribution < 1.29 is 26.3 Å². The normalized spacial score (nSPS) is 12.6. The zero-order valence-electron chi connectivity index (χ0n) is 11.9. The fourth-order valence-electron chi connectivity index (χ4n) is 2.50. The van der Waals surface area contributed by atoms with Gasteiger partial charge >= 0.3 is 12.4 Å². The van der Waals surface area contributed by atoms with Crippen molar-refractivity contribution in [3.05, 3.63) is 65.9 Å². The molecule has 1 aromatic heterocycles. The van der Waals surface area contributed by atoms with Crippen molar-refractivity contribution in [1.29, 1.82) is 0 Å². The Morgan fingerprint density at radius 1 is 0.750 bits per heavy atom. The highest BCUT2D eigenvalue weighted by Gasteiger charge is 2.38. The van der Waals surface area contributed by atoms with Crippen LogP contribution in [0.15, 0.2) is 54.7 Å². The van der Waals surface area contributed by atoms with Crippen molar-refractivity contribution >= 4 is 10.8 Å². The van der Waals surface area contributed by atoms with E-state index in [0.717, 1.165) is 6.07 Å². The van der Waals surface area contributed by atoms with Gasteiger partial charge in [0.1, 0.15) is 0 Å². The van der Waals surface area contributed by atoms with Crippen LogP contribution in [0.3, 0.4) is 0 Å². The van der Waals surface area contributed by atoms with E-state index in [1.165, 1.54) is 6.20 Å². The molecule has 0 unspecified atom stereocenters. The molecule has 0 N–H and O–H groups in total. The number of hydrogen-bond acceptors (Lipinski definition) is 1. The minimum atomic E-state index is -4.94. The van der Waals surface area contributed by atoms with Gasteiger partial charge in [-0.2, -0.15) is 26.3 Å². The number of benzene rings is 2. The summed E-state index contributed by atoms with van der Waals surface area (Å²) in [5.41, 5.74) is -3.10. The van der Waals surface area contributed by atoms with Crippen LogP contribution in [0.2, 0.25) is 0 Å². The lowest BCUT2D eigenvalue weighted by Gasteiger charge is -2.16. The largest absolute Gasteiger partial charge is 0.417 e. The molecule has 3 aromatic rings. The maximum atomic E-state index is 13.3. The third-order valence-electron chi connectivity index (χ3n) is 3.58. The SMILES string of the molecule is FC(F)(F)c1ccc(-c2nccc3ccccc23)c(C(F)(F)F)c1. The van der Waals surface area contributed by atoms with Gasteiger partial charge < -0.3 is 0 Å². The Hall–Kier alpha value is -2.57. The van der Waals surface area contributed by atoms with E-state index in [2.05, 4.69) is 4.98 Å². The van der Waals surface area contributed by atoms with Gasteiger partial charge in [-0.15, -0.1) is 0 Å². The molecule has 0 atom stereocenters. The number of pyridine rings is 1. The molecule has 0 amide bonds. The van der Waals surface area contributed by atoms with Crippen LogP contribution in [0.5, 0.6) is 0 Å². The first-order valence-electron chi connectivity index (χ1n) is 6.80. The highest BCUT2D eigenvalue weighted by molar-refractivity contribution is 5.95. The van der Waals surface area contributed by atoms with E-state index in [1.54, 1.807) is 30.3 Å². The van der Waals surface area contributed by atoms with E-state index in [1.807, 2.05) is 0 Å². The molecule has 0 aliphatic carbocycles. The monoisotopic (exact) mass is 341 g/mol. The molecule has 0 saturated carbocycles. The Labute approximate surface area is 132 Å². The molecule has 0 spiro atoms. The van der Waals surface area contributed by atoms with E-state index in [0.29, 0.717) is 16.8 Å². The lowest BCUT2D eigenvalue weighted by atomic mass is 9.97. The van der Waals surface area contributed by atoms with Crippen molar-refractivity contribution in [2.24, 2.45) is 0 Å². The lowest BCUT2D eigenvalue weighted by molar-refractivity contribution is -0.142. The number of fused-ring (bicyclic) bond motifs is 1. The van der Waals surface area contributed by atoms with E-state index in [-0.39, 0.29) is 17.3 Å². The first-order valence-corrected chi connectivity index (χ1v) is 6.80. The average Bonchev–Trinajstić information content (AvgIpc) is 2.52. The number of nitrogens with zero attached hydrogens (tertiary/aromatic N) is 1. The van der Waals surface area contributed by atoms with Crippen molar-refractivity contribution in [2.45, 2.75) is 12.4 Å². The van der Waals surface area contributed by atoms with Gasteiger partial charge in [0.25, 0.3) is 0 Å². The molecule has 124 valence electrons. The smallest absolute Gasteiger partial charge is 0.256 e. The van der Waals surface area contributed by atoms with Crippen LogP contribution >= 0.6 is 0 Å². The number of hydrogen-bond donors (Lipinski definition) is 0. The minimum absolute atomic E-state index is 0.00542. The molecule has 0 bridgehead atoms. The quantitative estimate of drug-likeness (QED) is 0.499. The molecule has 7 heteroatoms. The molecule has 3 rings (SSSR count). The summed E-state index contributed by atoms with van der Waals surface area (Å²) in [4.78, 5) is 3.96. The number of alkyl halides is 6. The molecule has 1 heterocycles. The minimum Gasteiger partial charge on any atom is -0.256 e. The topological polar surface area (TPSA) is 12.9 Å². The van der Waals surface area contributed by atoms with Crippen LogP contribution in [-0.4, -0.2) is 4.98 Å². The highest BCUT2D eigenvalue weighted by atomic mass is 19.4. The van der Waals surface area contributed by atoms with Gasteiger partial charge in [-0.25, -0.2) is 0 Å². The summed E-state index contributed by atoms with van der Waals surface area (Å²) >= 11 is 0. The molecular formula is C17H9F6N. The van der Waals surface area contributed by atoms with Crippen LogP contribution in [-0.2, 0) is 12.4 Å². The molecule has 0 saturated heterocycles. The summed E-state index contributed by atoms with van der Waals surface area (Å²) < 4.78 is 78.2. The summed E-state index contributed by atoms with van der Waals surface area (Å²) in [5.74, 6) is 0. The third kappa shape index (κ3) is 2.93. The molecule has 0 radical (unpaired) electrons. The van der Waals surface area contributed by atoms with Crippen molar-refractivity contribution in [3.8, 4) is 11.3 Å². The van der Waals surface area contributed by atoms with Crippen LogP contribution < -0.4 is 0 Å². The van der Waals surface area contributed by atoms with Crippen LogP contribution in [0, 0.1) is 0 Å². The molecule has 0 aliphatic heterocycles. The Kier molecular flexibility index (Phi) is 3.74. The number of halogens is 6. The number of aromatic nitrogens is 1. The molecule has 0 fully saturated rings. The van der Waals surface area contributed by atoms with Gasteiger partial charge in [0.05, 0.1) is 16.8 Å². The standard InChI is InChI=1S/C17H9F6N/c18-16(19,20)11-5-6-13(14(9-11)17(21,22)23)15-12-4-2-1-3-10(12)7-8-24-15/h1-9H. The van der Waals surface area contributed by atoms with E-state index < -0.39 is 23.5 Å². The fourth-order valence-corrected chi connectivity index (χ4v) is 2.50. The molecule has 24 heavy (non-hydrogen) atoms. The van der Waals surface area contributed by atoms with Crippen LogP contribution in [0.1, 0.15) is 11.1 Å². The molecule has 1 nitrogen and oxygen atoms in total. The lowest BCUT2D eigenvalue weighted by Crippen LogP contribution is -2.12. The number of rotatable bonds is 1.